The number of benzene rings is 3. The summed E-state index contributed by atoms with van der Waals surface area (Å²) in [5.74, 6) is 0.240. The second kappa shape index (κ2) is 8.92. The maximum Gasteiger partial charge on any atom is 0.325 e. The van der Waals surface area contributed by atoms with Crippen LogP contribution in [0.5, 0.6) is 0 Å². The lowest BCUT2D eigenvalue weighted by atomic mass is 9.88. The summed E-state index contributed by atoms with van der Waals surface area (Å²) in [5.41, 5.74) is 0.272. The van der Waals surface area contributed by atoms with Gasteiger partial charge in [-0.05, 0) is 59.7 Å². The number of imide groups is 1. The van der Waals surface area contributed by atoms with Crippen LogP contribution in [0.3, 0.4) is 0 Å². The van der Waals surface area contributed by atoms with E-state index in [9.17, 15) is 14.4 Å². The van der Waals surface area contributed by atoms with Crippen LogP contribution in [-0.2, 0) is 21.7 Å². The molecule has 2 heterocycles. The number of furan rings is 1. The first-order valence-corrected chi connectivity index (χ1v) is 11.5. The number of hydrogen-bond acceptors (Lipinski definition) is 4. The van der Waals surface area contributed by atoms with E-state index < -0.39 is 29.9 Å². The van der Waals surface area contributed by atoms with Crippen molar-refractivity contribution in [3.8, 4) is 11.3 Å². The molecule has 0 radical (unpaired) electrons. The lowest BCUT2D eigenvalue weighted by molar-refractivity contribution is -0.134. The highest BCUT2D eigenvalue weighted by Gasteiger charge is 2.50. The lowest BCUT2D eigenvalue weighted by Crippen LogP contribution is -2.43. The number of nitrogens with one attached hydrogen (secondary N) is 2. The van der Waals surface area contributed by atoms with Crippen LogP contribution in [0.25, 0.3) is 22.1 Å². The molecule has 0 aliphatic carbocycles. The van der Waals surface area contributed by atoms with Gasteiger partial charge in [0.25, 0.3) is 5.91 Å². The molecule has 1 aromatic heterocycles. The molecule has 35 heavy (non-hydrogen) atoms. The second-order valence-corrected chi connectivity index (χ2v) is 8.96. The topological polar surface area (TPSA) is 91.7 Å². The van der Waals surface area contributed by atoms with E-state index in [4.69, 9.17) is 16.0 Å². The Labute approximate surface area is 206 Å². The van der Waals surface area contributed by atoms with Crippen LogP contribution in [0.15, 0.2) is 83.3 Å². The van der Waals surface area contributed by atoms with Crippen molar-refractivity contribution in [2.75, 3.05) is 6.54 Å². The van der Waals surface area contributed by atoms with Gasteiger partial charge in [-0.25, -0.2) is 4.79 Å². The van der Waals surface area contributed by atoms with Crippen LogP contribution in [0.1, 0.15) is 18.2 Å². The molecule has 4 amide bonds. The predicted octanol–water partition coefficient (Wildman–Crippen LogP) is 4.84. The van der Waals surface area contributed by atoms with Crippen LogP contribution < -0.4 is 10.6 Å². The SMILES string of the molecule is CC1(c2cccc3ccccc23)NC(=O)N(CC(=O)NCc2ccc(-c3ccc(Cl)cc3)o2)C1=O. The normalized spacial score (nSPS) is 17.6. The molecule has 8 heteroatoms. The second-order valence-electron chi connectivity index (χ2n) is 8.52. The number of fused-ring (bicyclic) bond motifs is 1. The summed E-state index contributed by atoms with van der Waals surface area (Å²) in [6.07, 6.45) is 0. The predicted molar refractivity (Wildman–Crippen MR) is 133 cm³/mol. The maximum atomic E-state index is 13.3. The fourth-order valence-electron chi connectivity index (χ4n) is 4.31. The maximum absolute atomic E-state index is 13.3. The molecule has 2 N–H and O–H groups in total. The van der Waals surface area contributed by atoms with E-state index in [2.05, 4.69) is 10.6 Å². The van der Waals surface area contributed by atoms with Crippen molar-refractivity contribution in [1.29, 1.82) is 0 Å². The Bertz CT molecular complexity index is 1440. The van der Waals surface area contributed by atoms with Crippen LogP contribution in [0, 0.1) is 0 Å². The minimum Gasteiger partial charge on any atom is -0.459 e. The minimum absolute atomic E-state index is 0.122. The number of rotatable bonds is 6. The van der Waals surface area contributed by atoms with E-state index in [1.165, 1.54) is 0 Å². The van der Waals surface area contributed by atoms with E-state index in [1.54, 1.807) is 31.2 Å². The summed E-state index contributed by atoms with van der Waals surface area (Å²) < 4.78 is 5.79. The van der Waals surface area contributed by atoms with Crippen molar-refractivity contribution in [3.05, 3.63) is 95.2 Å². The fourth-order valence-corrected chi connectivity index (χ4v) is 4.44. The quantitative estimate of drug-likeness (QED) is 0.381. The zero-order valence-electron chi connectivity index (χ0n) is 18.9. The molecule has 1 atom stereocenters. The molecule has 0 spiro atoms. The summed E-state index contributed by atoms with van der Waals surface area (Å²) in [5, 5.41) is 7.94. The smallest absolute Gasteiger partial charge is 0.325 e. The number of halogens is 1. The molecule has 1 unspecified atom stereocenters. The van der Waals surface area contributed by atoms with Gasteiger partial charge in [-0.1, -0.05) is 54.1 Å². The van der Waals surface area contributed by atoms with E-state index in [0.717, 1.165) is 21.2 Å². The first-order valence-electron chi connectivity index (χ1n) is 11.1. The van der Waals surface area contributed by atoms with Crippen molar-refractivity contribution in [3.63, 3.8) is 0 Å². The van der Waals surface area contributed by atoms with E-state index in [-0.39, 0.29) is 6.54 Å². The molecule has 176 valence electrons. The number of carbonyl (C=O) groups excluding carboxylic acids is 3. The molecule has 4 aromatic rings. The van der Waals surface area contributed by atoms with Gasteiger partial charge >= 0.3 is 6.03 Å². The Morgan fingerprint density at radius 2 is 1.74 bits per heavy atom. The first-order chi connectivity index (χ1) is 16.8. The van der Waals surface area contributed by atoms with Crippen LogP contribution in [0.2, 0.25) is 5.02 Å². The molecule has 0 bridgehead atoms. The third kappa shape index (κ3) is 4.26. The van der Waals surface area contributed by atoms with Gasteiger partial charge in [0.1, 0.15) is 23.6 Å². The van der Waals surface area contributed by atoms with Crippen molar-refractivity contribution in [2.24, 2.45) is 0 Å². The molecule has 1 fully saturated rings. The lowest BCUT2D eigenvalue weighted by Gasteiger charge is -2.24. The minimum atomic E-state index is -1.27. The van der Waals surface area contributed by atoms with E-state index >= 15 is 0 Å². The largest absolute Gasteiger partial charge is 0.459 e. The molecule has 1 saturated heterocycles. The monoisotopic (exact) mass is 487 g/mol. The van der Waals surface area contributed by atoms with Gasteiger partial charge in [-0.15, -0.1) is 0 Å². The molecule has 1 aliphatic heterocycles. The Balaban J connectivity index is 1.26. The molecule has 3 aromatic carbocycles. The third-order valence-electron chi connectivity index (χ3n) is 6.16. The number of carbonyl (C=O) groups is 3. The van der Waals surface area contributed by atoms with Gasteiger partial charge in [0.15, 0.2) is 0 Å². The van der Waals surface area contributed by atoms with Gasteiger partial charge in [-0.2, -0.15) is 0 Å². The standard InChI is InChI=1S/C27H22ClN3O4/c1-27(22-8-4-6-17-5-2-3-7-21(17)22)25(33)31(26(34)30-27)16-24(32)29-15-20-13-14-23(35-20)18-9-11-19(28)12-10-18/h2-14H,15-16H2,1H3,(H,29,32)(H,30,34). The van der Waals surface area contributed by atoms with Crippen molar-refractivity contribution >= 4 is 40.2 Å². The van der Waals surface area contributed by atoms with Crippen molar-refractivity contribution in [2.45, 2.75) is 19.0 Å². The van der Waals surface area contributed by atoms with Crippen LogP contribution in [0.4, 0.5) is 4.79 Å². The molecular formula is C27H22ClN3O4. The van der Waals surface area contributed by atoms with Gasteiger partial charge in [0, 0.05) is 10.6 Å². The summed E-state index contributed by atoms with van der Waals surface area (Å²) in [6.45, 7) is 1.39. The molecule has 5 rings (SSSR count). The molecule has 1 aliphatic rings. The van der Waals surface area contributed by atoms with Crippen molar-refractivity contribution < 1.29 is 18.8 Å². The van der Waals surface area contributed by atoms with Gasteiger partial charge in [-0.3, -0.25) is 14.5 Å². The summed E-state index contributed by atoms with van der Waals surface area (Å²) in [7, 11) is 0. The summed E-state index contributed by atoms with van der Waals surface area (Å²) >= 11 is 5.92. The van der Waals surface area contributed by atoms with Gasteiger partial charge < -0.3 is 15.1 Å². The Kier molecular flexibility index (Phi) is 5.78. The fraction of sp³-hybridized carbons (Fsp3) is 0.148. The number of hydrogen-bond donors (Lipinski definition) is 2. The summed E-state index contributed by atoms with van der Waals surface area (Å²) in [6, 6.07) is 23.4. The van der Waals surface area contributed by atoms with E-state index in [1.807, 2.05) is 54.6 Å². The van der Waals surface area contributed by atoms with Crippen LogP contribution >= 0.6 is 11.6 Å². The Morgan fingerprint density at radius 3 is 2.54 bits per heavy atom. The average Bonchev–Trinajstić information content (AvgIpc) is 3.42. The first kappa shape index (κ1) is 22.7. The highest BCUT2D eigenvalue weighted by molar-refractivity contribution is 6.30. The number of nitrogens with zero attached hydrogens (tertiary/aromatic N) is 1. The highest BCUT2D eigenvalue weighted by Crippen LogP contribution is 2.33. The van der Waals surface area contributed by atoms with Gasteiger partial charge in [0.05, 0.1) is 6.54 Å². The molecular weight excluding hydrogens is 466 g/mol. The zero-order chi connectivity index (χ0) is 24.6. The highest BCUT2D eigenvalue weighted by atomic mass is 35.5. The molecule has 0 saturated carbocycles. The summed E-state index contributed by atoms with van der Waals surface area (Å²) in [4.78, 5) is 39.5. The van der Waals surface area contributed by atoms with Crippen LogP contribution in [-0.4, -0.2) is 29.3 Å². The third-order valence-corrected chi connectivity index (χ3v) is 6.41. The van der Waals surface area contributed by atoms with Crippen molar-refractivity contribution in [1.82, 2.24) is 15.5 Å². The number of urea groups is 1. The van der Waals surface area contributed by atoms with Gasteiger partial charge in [0.2, 0.25) is 5.91 Å². The number of amides is 4. The Hall–Kier alpha value is -4.10. The average molecular weight is 488 g/mol. The van der Waals surface area contributed by atoms with E-state index in [0.29, 0.717) is 22.1 Å². The molecule has 7 nitrogen and oxygen atoms in total. The zero-order valence-corrected chi connectivity index (χ0v) is 19.6. The Morgan fingerprint density at radius 1 is 1.00 bits per heavy atom.